The highest BCUT2D eigenvalue weighted by Gasteiger charge is 2.33. The van der Waals surface area contributed by atoms with Gasteiger partial charge >= 0.3 is 5.97 Å². The van der Waals surface area contributed by atoms with Gasteiger partial charge in [0.1, 0.15) is 16.0 Å². The van der Waals surface area contributed by atoms with Crippen LogP contribution in [0.5, 0.6) is 11.5 Å². The summed E-state index contributed by atoms with van der Waals surface area (Å²) in [6.45, 7) is 2.43. The molecule has 110 valence electrons. The molecule has 1 heterocycles. The van der Waals surface area contributed by atoms with E-state index < -0.39 is 5.97 Å². The minimum absolute atomic E-state index is 0.0213. The smallest absolute Gasteiger partial charge is 0.307 e. The van der Waals surface area contributed by atoms with E-state index in [4.69, 9.17) is 14.6 Å². The molecule has 20 heavy (non-hydrogen) atoms. The van der Waals surface area contributed by atoms with Gasteiger partial charge in [-0.1, -0.05) is 0 Å². The largest absolute Gasteiger partial charge is 0.495 e. The van der Waals surface area contributed by atoms with Crippen LogP contribution in [0.4, 0.5) is 0 Å². The Morgan fingerprint density at radius 1 is 1.40 bits per heavy atom. The number of halogens is 1. The average Bonchev–Trinajstić information content (AvgIpc) is 2.88. The van der Waals surface area contributed by atoms with E-state index in [0.29, 0.717) is 18.7 Å². The van der Waals surface area contributed by atoms with Gasteiger partial charge in [-0.15, -0.1) is 0 Å². The first-order valence-corrected chi connectivity index (χ1v) is 7.16. The van der Waals surface area contributed by atoms with Crippen LogP contribution in [0, 0.1) is 12.8 Å². The number of ether oxygens (including phenoxy) is 2. The first kappa shape index (κ1) is 15.1. The number of hydrogen-bond donors (Lipinski definition) is 2. The molecule has 6 heteroatoms. The fourth-order valence-corrected chi connectivity index (χ4v) is 3.51. The summed E-state index contributed by atoms with van der Waals surface area (Å²) in [4.78, 5) is 11.1. The van der Waals surface area contributed by atoms with Crippen molar-refractivity contribution in [3.8, 4) is 11.5 Å². The number of methoxy groups -OCH3 is 2. The molecule has 1 aromatic carbocycles. The second-order valence-electron chi connectivity index (χ2n) is 4.89. The van der Waals surface area contributed by atoms with Crippen molar-refractivity contribution < 1.29 is 19.4 Å². The Labute approximate surface area is 126 Å². The number of benzene rings is 1. The highest BCUT2D eigenvalue weighted by atomic mass is 79.9. The fourth-order valence-electron chi connectivity index (χ4n) is 2.64. The average molecular weight is 344 g/mol. The number of nitrogens with one attached hydrogen (secondary N) is 1. The van der Waals surface area contributed by atoms with Crippen LogP contribution in [0.25, 0.3) is 0 Å². The van der Waals surface area contributed by atoms with Crippen molar-refractivity contribution in [3.05, 3.63) is 21.7 Å². The molecule has 1 aliphatic heterocycles. The van der Waals surface area contributed by atoms with Crippen molar-refractivity contribution >= 4 is 21.9 Å². The van der Waals surface area contributed by atoms with E-state index in [1.54, 1.807) is 14.2 Å². The fraction of sp³-hybridized carbons (Fsp3) is 0.500. The van der Waals surface area contributed by atoms with Gasteiger partial charge in [-0.2, -0.15) is 0 Å². The van der Waals surface area contributed by atoms with Gasteiger partial charge < -0.3 is 19.9 Å². The first-order chi connectivity index (χ1) is 9.49. The van der Waals surface area contributed by atoms with Gasteiger partial charge in [-0.3, -0.25) is 4.79 Å². The Hall–Kier alpha value is -1.27. The van der Waals surface area contributed by atoms with Gasteiger partial charge in [-0.25, -0.2) is 0 Å². The summed E-state index contributed by atoms with van der Waals surface area (Å²) < 4.78 is 11.6. The lowest BCUT2D eigenvalue weighted by atomic mass is 9.97. The van der Waals surface area contributed by atoms with Gasteiger partial charge in [0, 0.05) is 18.2 Å². The quantitative estimate of drug-likeness (QED) is 0.879. The van der Waals surface area contributed by atoms with Crippen LogP contribution in [0.2, 0.25) is 0 Å². The lowest BCUT2D eigenvalue weighted by molar-refractivity contribution is -0.141. The number of carboxylic acids is 1. The van der Waals surface area contributed by atoms with Crippen LogP contribution >= 0.6 is 15.9 Å². The standard InChI is InChI=1S/C14H18BrNO4/c1-7-4-9(10-5-8(6-16-10)14(17)18)13(20-3)11(15)12(7)19-2/h4,8,10,16H,5-6H2,1-3H3,(H,17,18). The summed E-state index contributed by atoms with van der Waals surface area (Å²) in [5.41, 5.74) is 1.94. The maximum absolute atomic E-state index is 11.1. The van der Waals surface area contributed by atoms with Crippen molar-refractivity contribution in [2.45, 2.75) is 19.4 Å². The predicted molar refractivity (Wildman–Crippen MR) is 78.5 cm³/mol. The molecule has 0 aliphatic carbocycles. The Balaban J connectivity index is 2.40. The molecule has 1 saturated heterocycles. The van der Waals surface area contributed by atoms with E-state index in [9.17, 15) is 4.79 Å². The number of carbonyl (C=O) groups is 1. The molecule has 1 aromatic rings. The molecule has 0 saturated carbocycles. The molecule has 1 aliphatic rings. The highest BCUT2D eigenvalue weighted by Crippen LogP contribution is 2.44. The van der Waals surface area contributed by atoms with Crippen LogP contribution in [-0.4, -0.2) is 31.8 Å². The maximum atomic E-state index is 11.1. The molecule has 0 amide bonds. The second-order valence-corrected chi connectivity index (χ2v) is 5.69. The zero-order chi connectivity index (χ0) is 14.9. The van der Waals surface area contributed by atoms with Gasteiger partial charge in [-0.05, 0) is 40.9 Å². The number of aliphatic carboxylic acids is 1. The summed E-state index contributed by atoms with van der Waals surface area (Å²) in [7, 11) is 3.21. The van der Waals surface area contributed by atoms with Crippen molar-refractivity contribution in [1.82, 2.24) is 5.32 Å². The van der Waals surface area contributed by atoms with E-state index in [-0.39, 0.29) is 12.0 Å². The monoisotopic (exact) mass is 343 g/mol. The van der Waals surface area contributed by atoms with Crippen LogP contribution in [0.1, 0.15) is 23.6 Å². The summed E-state index contributed by atoms with van der Waals surface area (Å²) in [6, 6.07) is 1.97. The van der Waals surface area contributed by atoms with E-state index in [1.807, 2.05) is 13.0 Å². The maximum Gasteiger partial charge on any atom is 0.307 e. The second kappa shape index (κ2) is 6.01. The molecule has 0 radical (unpaired) electrons. The minimum Gasteiger partial charge on any atom is -0.495 e. The molecule has 2 N–H and O–H groups in total. The third-order valence-corrected chi connectivity index (χ3v) is 4.38. The lowest BCUT2D eigenvalue weighted by Gasteiger charge is -2.20. The first-order valence-electron chi connectivity index (χ1n) is 6.36. The highest BCUT2D eigenvalue weighted by molar-refractivity contribution is 9.10. The van der Waals surface area contributed by atoms with E-state index in [0.717, 1.165) is 21.3 Å². The minimum atomic E-state index is -0.761. The van der Waals surface area contributed by atoms with Gasteiger partial charge in [0.2, 0.25) is 0 Å². The third kappa shape index (κ3) is 2.62. The zero-order valence-corrected chi connectivity index (χ0v) is 13.3. The molecular formula is C14H18BrNO4. The van der Waals surface area contributed by atoms with Crippen molar-refractivity contribution in [3.63, 3.8) is 0 Å². The van der Waals surface area contributed by atoms with E-state index in [2.05, 4.69) is 21.2 Å². The zero-order valence-electron chi connectivity index (χ0n) is 11.7. The van der Waals surface area contributed by atoms with Crippen LogP contribution < -0.4 is 14.8 Å². The molecule has 5 nitrogen and oxygen atoms in total. The van der Waals surface area contributed by atoms with Crippen LogP contribution in [0.3, 0.4) is 0 Å². The van der Waals surface area contributed by atoms with E-state index in [1.165, 1.54) is 0 Å². The molecular weight excluding hydrogens is 326 g/mol. The molecule has 0 aromatic heterocycles. The molecule has 1 fully saturated rings. The molecule has 2 rings (SSSR count). The van der Waals surface area contributed by atoms with Crippen molar-refractivity contribution in [2.24, 2.45) is 5.92 Å². The van der Waals surface area contributed by atoms with Gasteiger partial charge in [0.15, 0.2) is 0 Å². The summed E-state index contributed by atoms with van der Waals surface area (Å²) in [5, 5.41) is 12.3. The lowest BCUT2D eigenvalue weighted by Crippen LogP contribution is -2.17. The van der Waals surface area contributed by atoms with Crippen molar-refractivity contribution in [2.75, 3.05) is 20.8 Å². The Morgan fingerprint density at radius 3 is 2.55 bits per heavy atom. The SMILES string of the molecule is COc1c(C)cc(C2CC(C(=O)O)CN2)c(OC)c1Br. The number of rotatable bonds is 4. The Bertz CT molecular complexity index is 532. The number of carboxylic acid groups (broad SMARTS) is 1. The normalized spacial score (nSPS) is 21.8. The van der Waals surface area contributed by atoms with Gasteiger partial charge in [0.25, 0.3) is 0 Å². The van der Waals surface area contributed by atoms with Crippen LogP contribution in [-0.2, 0) is 4.79 Å². The van der Waals surface area contributed by atoms with Crippen LogP contribution in [0.15, 0.2) is 10.5 Å². The predicted octanol–water partition coefficient (Wildman–Crippen LogP) is 2.51. The van der Waals surface area contributed by atoms with Crippen molar-refractivity contribution in [1.29, 1.82) is 0 Å². The topological polar surface area (TPSA) is 67.8 Å². The Kier molecular flexibility index (Phi) is 4.55. The third-order valence-electron chi connectivity index (χ3n) is 3.65. The molecule has 2 unspecified atom stereocenters. The number of hydrogen-bond acceptors (Lipinski definition) is 4. The Morgan fingerprint density at radius 2 is 2.05 bits per heavy atom. The number of aryl methyl sites for hydroxylation is 1. The van der Waals surface area contributed by atoms with Gasteiger partial charge in [0.05, 0.1) is 20.1 Å². The molecule has 0 spiro atoms. The summed E-state index contributed by atoms with van der Waals surface area (Å²) in [5.74, 6) is 0.309. The summed E-state index contributed by atoms with van der Waals surface area (Å²) in [6.07, 6.45) is 0.559. The summed E-state index contributed by atoms with van der Waals surface area (Å²) >= 11 is 3.50. The van der Waals surface area contributed by atoms with E-state index >= 15 is 0 Å². The molecule has 2 atom stereocenters. The molecule has 0 bridgehead atoms.